The Morgan fingerprint density at radius 1 is 1.20 bits per heavy atom. The van der Waals surface area contributed by atoms with Crippen LogP contribution in [0.5, 0.6) is 0 Å². The topological polar surface area (TPSA) is 76.0 Å². The van der Waals surface area contributed by atoms with Gasteiger partial charge in [-0.05, 0) is 43.8 Å². The molecule has 1 aromatic heterocycles. The third kappa shape index (κ3) is 2.72. The molecule has 3 heterocycles. The number of nitrogens with zero attached hydrogens (tertiary/aromatic N) is 2. The zero-order valence-electron chi connectivity index (χ0n) is 14.1. The van der Waals surface area contributed by atoms with Crippen LogP contribution in [0.3, 0.4) is 0 Å². The molecule has 132 valence electrons. The molecule has 2 aromatic rings. The fourth-order valence-electron chi connectivity index (χ4n) is 4.03. The van der Waals surface area contributed by atoms with E-state index in [9.17, 15) is 9.59 Å². The van der Waals surface area contributed by atoms with Crippen molar-refractivity contribution in [2.24, 2.45) is 7.05 Å². The molecule has 2 N–H and O–H groups in total. The van der Waals surface area contributed by atoms with Gasteiger partial charge < -0.3 is 5.32 Å². The lowest BCUT2D eigenvalue weighted by Crippen LogP contribution is -2.39. The summed E-state index contributed by atoms with van der Waals surface area (Å²) in [6.07, 6.45) is 2.53. The Labute approximate surface area is 144 Å². The number of imide groups is 1. The summed E-state index contributed by atoms with van der Waals surface area (Å²) in [4.78, 5) is 23.5. The highest BCUT2D eigenvalue weighted by molar-refractivity contribution is 6.02. The van der Waals surface area contributed by atoms with E-state index in [1.807, 2.05) is 12.1 Å². The number of hydrogen-bond acceptors (Lipinski definition) is 4. The second kappa shape index (κ2) is 6.22. The van der Waals surface area contributed by atoms with Gasteiger partial charge in [-0.25, -0.2) is 4.39 Å². The van der Waals surface area contributed by atoms with Crippen LogP contribution in [-0.2, 0) is 16.6 Å². The minimum Gasteiger partial charge on any atom is -0.317 e. The van der Waals surface area contributed by atoms with Gasteiger partial charge in [0.2, 0.25) is 11.8 Å². The molecular weight excluding hydrogens is 323 g/mol. The van der Waals surface area contributed by atoms with Crippen LogP contribution in [0.1, 0.15) is 48.8 Å². The monoisotopic (exact) mass is 344 g/mol. The zero-order chi connectivity index (χ0) is 17.6. The summed E-state index contributed by atoms with van der Waals surface area (Å²) < 4.78 is 16.7. The number of benzene rings is 1. The number of hydrogen-bond donors (Lipinski definition) is 2. The van der Waals surface area contributed by atoms with Crippen LogP contribution in [0.4, 0.5) is 4.39 Å². The number of carbonyl (C=O) groups excluding carboxylic acids is 2. The van der Waals surface area contributed by atoms with Crippen molar-refractivity contribution < 1.29 is 14.0 Å². The Morgan fingerprint density at radius 2 is 1.96 bits per heavy atom. The predicted octanol–water partition coefficient (Wildman–Crippen LogP) is 1.70. The van der Waals surface area contributed by atoms with Crippen molar-refractivity contribution in [3.8, 4) is 0 Å². The first-order chi connectivity index (χ1) is 12.1. The number of aryl methyl sites for hydroxylation is 1. The van der Waals surface area contributed by atoms with Crippen LogP contribution >= 0.6 is 0 Å². The van der Waals surface area contributed by atoms with Gasteiger partial charge in [0, 0.05) is 18.9 Å². The fourth-order valence-corrected chi connectivity index (χ4v) is 4.03. The van der Waals surface area contributed by atoms with Gasteiger partial charge in [-0.3, -0.25) is 19.6 Å². The van der Waals surface area contributed by atoms with E-state index in [1.165, 1.54) is 4.68 Å². The van der Waals surface area contributed by atoms with Gasteiger partial charge in [-0.15, -0.1) is 0 Å². The van der Waals surface area contributed by atoms with Crippen LogP contribution in [0, 0.1) is 5.82 Å². The first-order valence-electron chi connectivity index (χ1n) is 8.75. The summed E-state index contributed by atoms with van der Waals surface area (Å²) in [5.41, 5.74) is 1.72. The number of halogens is 1. The highest BCUT2D eigenvalue weighted by Crippen LogP contribution is 2.35. The van der Waals surface area contributed by atoms with E-state index in [4.69, 9.17) is 0 Å². The van der Waals surface area contributed by atoms with Crippen molar-refractivity contribution in [2.45, 2.75) is 37.5 Å². The van der Waals surface area contributed by atoms with Crippen LogP contribution in [-0.4, -0.2) is 34.7 Å². The van der Waals surface area contributed by atoms with Crippen LogP contribution < -0.4 is 10.6 Å². The number of aromatic nitrogens is 2. The summed E-state index contributed by atoms with van der Waals surface area (Å²) in [6, 6.07) is 3.71. The van der Waals surface area contributed by atoms with E-state index < -0.39 is 5.92 Å². The number of nitrogens with one attached hydrogen (secondary N) is 2. The third-order valence-corrected chi connectivity index (χ3v) is 5.35. The van der Waals surface area contributed by atoms with E-state index in [2.05, 4.69) is 15.7 Å². The molecule has 1 atom stereocenters. The number of fused-ring (bicyclic) bond motifs is 1. The Balaban J connectivity index is 1.77. The summed E-state index contributed by atoms with van der Waals surface area (Å²) in [5.74, 6) is -1.15. The van der Waals surface area contributed by atoms with E-state index in [0.717, 1.165) is 31.5 Å². The fraction of sp³-hybridized carbons (Fsp3) is 0.500. The number of amides is 2. The largest absolute Gasteiger partial charge is 0.317 e. The van der Waals surface area contributed by atoms with Gasteiger partial charge in [0.05, 0.1) is 11.6 Å². The molecule has 1 unspecified atom stereocenters. The quantitative estimate of drug-likeness (QED) is 0.813. The molecule has 2 aliphatic heterocycles. The number of piperidine rings is 2. The maximum Gasteiger partial charge on any atom is 0.235 e. The van der Waals surface area contributed by atoms with E-state index in [0.29, 0.717) is 23.0 Å². The van der Waals surface area contributed by atoms with Crippen LogP contribution in [0.2, 0.25) is 0 Å². The number of rotatable bonds is 2. The maximum absolute atomic E-state index is 15.2. The van der Waals surface area contributed by atoms with E-state index in [-0.39, 0.29) is 30.0 Å². The highest BCUT2D eigenvalue weighted by atomic mass is 19.1. The van der Waals surface area contributed by atoms with Gasteiger partial charge >= 0.3 is 0 Å². The first kappa shape index (κ1) is 16.2. The molecule has 4 rings (SSSR count). The lowest BCUT2D eigenvalue weighted by Gasteiger charge is -2.23. The molecule has 2 amide bonds. The molecule has 25 heavy (non-hydrogen) atoms. The standard InChI is InChI=1S/C18H21FN4O2/c1-23-17-12(16(22-23)13-4-5-14(24)21-18(13)25)3-2-11(15(17)19)10-6-8-20-9-7-10/h2-3,10,13,20H,4-9H2,1H3,(H,21,24,25). The van der Waals surface area contributed by atoms with Crippen molar-refractivity contribution in [2.75, 3.05) is 13.1 Å². The van der Waals surface area contributed by atoms with Crippen molar-refractivity contribution >= 4 is 22.7 Å². The molecule has 7 heteroatoms. The average Bonchev–Trinajstić information content (AvgIpc) is 2.93. The normalized spacial score (nSPS) is 22.4. The molecule has 1 aromatic carbocycles. The van der Waals surface area contributed by atoms with Gasteiger partial charge in [-0.1, -0.05) is 12.1 Å². The molecule has 0 spiro atoms. The third-order valence-electron chi connectivity index (χ3n) is 5.35. The summed E-state index contributed by atoms with van der Waals surface area (Å²) >= 11 is 0. The van der Waals surface area contributed by atoms with Gasteiger partial charge in [0.15, 0.2) is 5.82 Å². The van der Waals surface area contributed by atoms with Gasteiger partial charge in [0.1, 0.15) is 5.52 Å². The average molecular weight is 344 g/mol. The molecule has 2 fully saturated rings. The molecular formula is C18H21FN4O2. The van der Waals surface area contributed by atoms with E-state index >= 15 is 4.39 Å². The Kier molecular flexibility index (Phi) is 4.03. The van der Waals surface area contributed by atoms with Gasteiger partial charge in [0.25, 0.3) is 0 Å². The molecule has 6 nitrogen and oxygen atoms in total. The summed E-state index contributed by atoms with van der Waals surface area (Å²) in [5, 5.41) is 10.7. The first-order valence-corrected chi connectivity index (χ1v) is 8.75. The molecule has 0 bridgehead atoms. The van der Waals surface area contributed by atoms with Gasteiger partial charge in [-0.2, -0.15) is 5.10 Å². The van der Waals surface area contributed by atoms with Crippen molar-refractivity contribution in [3.63, 3.8) is 0 Å². The molecule has 0 radical (unpaired) electrons. The molecule has 0 saturated carbocycles. The molecule has 0 aliphatic carbocycles. The lowest BCUT2D eigenvalue weighted by atomic mass is 9.88. The lowest BCUT2D eigenvalue weighted by molar-refractivity contribution is -0.134. The minimum absolute atomic E-state index is 0.208. The van der Waals surface area contributed by atoms with Crippen molar-refractivity contribution in [1.29, 1.82) is 0 Å². The second-order valence-electron chi connectivity index (χ2n) is 6.90. The van der Waals surface area contributed by atoms with Crippen LogP contribution in [0.15, 0.2) is 12.1 Å². The summed E-state index contributed by atoms with van der Waals surface area (Å²) in [7, 11) is 1.70. The van der Waals surface area contributed by atoms with E-state index in [1.54, 1.807) is 7.05 Å². The molecule has 2 aliphatic rings. The van der Waals surface area contributed by atoms with Crippen LogP contribution in [0.25, 0.3) is 10.9 Å². The SMILES string of the molecule is Cn1nc(C2CCC(=O)NC2=O)c2ccc(C3CCNCC3)c(F)c21. The van der Waals surface area contributed by atoms with Crippen molar-refractivity contribution in [3.05, 3.63) is 29.2 Å². The Morgan fingerprint density at radius 3 is 2.68 bits per heavy atom. The Bertz CT molecular complexity index is 854. The van der Waals surface area contributed by atoms with Crippen molar-refractivity contribution in [1.82, 2.24) is 20.4 Å². The number of carbonyl (C=O) groups is 2. The predicted molar refractivity (Wildman–Crippen MR) is 90.6 cm³/mol. The second-order valence-corrected chi connectivity index (χ2v) is 6.90. The highest BCUT2D eigenvalue weighted by Gasteiger charge is 2.32. The molecule has 2 saturated heterocycles. The minimum atomic E-state index is -0.509. The summed E-state index contributed by atoms with van der Waals surface area (Å²) in [6.45, 7) is 1.80. The zero-order valence-corrected chi connectivity index (χ0v) is 14.1. The Hall–Kier alpha value is -2.28. The maximum atomic E-state index is 15.2. The smallest absolute Gasteiger partial charge is 0.235 e.